The standard InChI is InChI=1S/C9H11N3/c1-3-7(2)9-6-11-8(4-10)5-12-9/h5-7H,3H2,1-2H3. The first kappa shape index (κ1) is 8.66. The van der Waals surface area contributed by atoms with Crippen LogP contribution in [0.4, 0.5) is 0 Å². The first-order valence-electron chi connectivity index (χ1n) is 4.00. The summed E-state index contributed by atoms with van der Waals surface area (Å²) in [6.45, 7) is 4.20. The largest absolute Gasteiger partial charge is 0.256 e. The summed E-state index contributed by atoms with van der Waals surface area (Å²) < 4.78 is 0. The summed E-state index contributed by atoms with van der Waals surface area (Å²) in [7, 11) is 0. The average Bonchev–Trinajstić information content (AvgIpc) is 2.17. The lowest BCUT2D eigenvalue weighted by Crippen LogP contribution is -1.97. The molecule has 0 amide bonds. The van der Waals surface area contributed by atoms with Crippen molar-refractivity contribution in [3.8, 4) is 6.07 Å². The summed E-state index contributed by atoms with van der Waals surface area (Å²) in [6, 6.07) is 1.94. The molecule has 0 aliphatic rings. The number of hydrogen-bond donors (Lipinski definition) is 0. The Kier molecular flexibility index (Phi) is 2.76. The molecule has 1 aromatic rings. The van der Waals surface area contributed by atoms with Gasteiger partial charge in [0.15, 0.2) is 5.69 Å². The highest BCUT2D eigenvalue weighted by Gasteiger charge is 2.03. The van der Waals surface area contributed by atoms with E-state index in [1.54, 1.807) is 6.20 Å². The zero-order chi connectivity index (χ0) is 8.97. The van der Waals surface area contributed by atoms with Crippen molar-refractivity contribution in [2.45, 2.75) is 26.2 Å². The van der Waals surface area contributed by atoms with Crippen molar-refractivity contribution in [3.63, 3.8) is 0 Å². The molecule has 1 rings (SSSR count). The van der Waals surface area contributed by atoms with E-state index in [-0.39, 0.29) is 0 Å². The predicted octanol–water partition coefficient (Wildman–Crippen LogP) is 1.86. The molecule has 3 nitrogen and oxygen atoms in total. The second kappa shape index (κ2) is 3.82. The molecule has 1 heterocycles. The minimum absolute atomic E-state index is 0.377. The third-order valence-electron chi connectivity index (χ3n) is 1.90. The lowest BCUT2D eigenvalue weighted by Gasteiger charge is -2.05. The number of hydrogen-bond acceptors (Lipinski definition) is 3. The molecule has 0 radical (unpaired) electrons. The Morgan fingerprint density at radius 2 is 2.25 bits per heavy atom. The smallest absolute Gasteiger partial charge is 0.158 e. The van der Waals surface area contributed by atoms with Crippen LogP contribution in [0.15, 0.2) is 12.4 Å². The van der Waals surface area contributed by atoms with Crippen LogP contribution >= 0.6 is 0 Å². The summed E-state index contributed by atoms with van der Waals surface area (Å²) in [5.74, 6) is 0.422. The van der Waals surface area contributed by atoms with Crippen LogP contribution in [0.2, 0.25) is 0 Å². The van der Waals surface area contributed by atoms with Crippen molar-refractivity contribution in [2.24, 2.45) is 0 Å². The quantitative estimate of drug-likeness (QED) is 0.665. The van der Waals surface area contributed by atoms with E-state index in [1.165, 1.54) is 6.20 Å². The van der Waals surface area contributed by atoms with Crippen molar-refractivity contribution in [2.75, 3.05) is 0 Å². The molecule has 0 aromatic carbocycles. The van der Waals surface area contributed by atoms with Gasteiger partial charge in [-0.3, -0.25) is 4.98 Å². The van der Waals surface area contributed by atoms with E-state index >= 15 is 0 Å². The number of aromatic nitrogens is 2. The van der Waals surface area contributed by atoms with Gasteiger partial charge in [0.1, 0.15) is 6.07 Å². The van der Waals surface area contributed by atoms with Crippen molar-refractivity contribution >= 4 is 0 Å². The van der Waals surface area contributed by atoms with Gasteiger partial charge in [0.2, 0.25) is 0 Å². The van der Waals surface area contributed by atoms with Crippen molar-refractivity contribution in [1.82, 2.24) is 9.97 Å². The molecule has 0 bridgehead atoms. The molecule has 0 spiro atoms. The average molecular weight is 161 g/mol. The van der Waals surface area contributed by atoms with Gasteiger partial charge in [0, 0.05) is 0 Å². The lowest BCUT2D eigenvalue weighted by atomic mass is 10.1. The molecule has 0 aliphatic heterocycles. The molecule has 12 heavy (non-hydrogen) atoms. The second-order valence-electron chi connectivity index (χ2n) is 2.75. The van der Waals surface area contributed by atoms with Crippen molar-refractivity contribution in [3.05, 3.63) is 23.8 Å². The Hall–Kier alpha value is -1.43. The molecule has 62 valence electrons. The highest BCUT2D eigenvalue weighted by molar-refractivity contribution is 5.17. The summed E-state index contributed by atoms with van der Waals surface area (Å²) in [4.78, 5) is 8.08. The molecular weight excluding hydrogens is 150 g/mol. The molecule has 0 saturated heterocycles. The molecule has 3 heteroatoms. The maximum Gasteiger partial charge on any atom is 0.158 e. The summed E-state index contributed by atoms with van der Waals surface area (Å²) in [5, 5.41) is 8.47. The Morgan fingerprint density at radius 3 is 2.67 bits per heavy atom. The number of nitrogens with zero attached hydrogens (tertiary/aromatic N) is 3. The summed E-state index contributed by atoms with van der Waals surface area (Å²) in [5.41, 5.74) is 1.33. The van der Waals surface area contributed by atoms with Crippen LogP contribution in [0, 0.1) is 11.3 Å². The van der Waals surface area contributed by atoms with E-state index in [2.05, 4.69) is 23.8 Å². The molecule has 0 fully saturated rings. The Balaban J connectivity index is 2.86. The first-order valence-corrected chi connectivity index (χ1v) is 4.00. The molecule has 1 aromatic heterocycles. The van der Waals surface area contributed by atoms with Gasteiger partial charge in [0.25, 0.3) is 0 Å². The lowest BCUT2D eigenvalue weighted by molar-refractivity contribution is 0.702. The Morgan fingerprint density at radius 1 is 1.50 bits per heavy atom. The van der Waals surface area contributed by atoms with E-state index in [9.17, 15) is 0 Å². The van der Waals surface area contributed by atoms with E-state index in [4.69, 9.17) is 5.26 Å². The van der Waals surface area contributed by atoms with Crippen LogP contribution < -0.4 is 0 Å². The van der Waals surface area contributed by atoms with Crippen LogP contribution in [0.25, 0.3) is 0 Å². The minimum atomic E-state index is 0.377. The normalized spacial score (nSPS) is 12.1. The maximum atomic E-state index is 8.47. The van der Waals surface area contributed by atoms with Crippen molar-refractivity contribution in [1.29, 1.82) is 5.26 Å². The van der Waals surface area contributed by atoms with E-state index in [0.29, 0.717) is 11.6 Å². The van der Waals surface area contributed by atoms with Crippen LogP contribution in [-0.4, -0.2) is 9.97 Å². The van der Waals surface area contributed by atoms with Crippen LogP contribution in [0.5, 0.6) is 0 Å². The Bertz CT molecular complexity index is 284. The van der Waals surface area contributed by atoms with Gasteiger partial charge in [-0.05, 0) is 12.3 Å². The van der Waals surface area contributed by atoms with Crippen molar-refractivity contribution < 1.29 is 0 Å². The number of rotatable bonds is 2. The third kappa shape index (κ3) is 1.79. The van der Waals surface area contributed by atoms with Gasteiger partial charge in [-0.25, -0.2) is 4.98 Å². The van der Waals surface area contributed by atoms with Gasteiger partial charge >= 0.3 is 0 Å². The molecule has 1 atom stereocenters. The second-order valence-corrected chi connectivity index (χ2v) is 2.75. The molecule has 0 saturated carbocycles. The fraction of sp³-hybridized carbons (Fsp3) is 0.444. The fourth-order valence-corrected chi connectivity index (χ4v) is 0.859. The first-order chi connectivity index (χ1) is 5.77. The van der Waals surface area contributed by atoms with E-state index < -0.39 is 0 Å². The highest BCUT2D eigenvalue weighted by Crippen LogP contribution is 2.14. The summed E-state index contributed by atoms with van der Waals surface area (Å²) in [6.07, 6.45) is 4.23. The molecule has 0 N–H and O–H groups in total. The SMILES string of the molecule is CCC(C)c1cnc(C#N)cn1. The third-order valence-corrected chi connectivity index (χ3v) is 1.90. The maximum absolute atomic E-state index is 8.47. The topological polar surface area (TPSA) is 49.6 Å². The molecular formula is C9H11N3. The Labute approximate surface area is 72.1 Å². The van der Waals surface area contributed by atoms with Gasteiger partial charge in [-0.1, -0.05) is 13.8 Å². The van der Waals surface area contributed by atoms with E-state index in [0.717, 1.165) is 12.1 Å². The minimum Gasteiger partial charge on any atom is -0.256 e. The van der Waals surface area contributed by atoms with Crippen LogP contribution in [-0.2, 0) is 0 Å². The molecule has 1 unspecified atom stereocenters. The van der Waals surface area contributed by atoms with Gasteiger partial charge in [-0.15, -0.1) is 0 Å². The predicted molar refractivity (Wildman–Crippen MR) is 45.5 cm³/mol. The zero-order valence-electron chi connectivity index (χ0n) is 7.28. The highest BCUT2D eigenvalue weighted by atomic mass is 14.8. The zero-order valence-corrected chi connectivity index (χ0v) is 7.28. The summed E-state index contributed by atoms with van der Waals surface area (Å²) >= 11 is 0. The van der Waals surface area contributed by atoms with Gasteiger partial charge in [0.05, 0.1) is 18.1 Å². The van der Waals surface area contributed by atoms with Crippen LogP contribution in [0.3, 0.4) is 0 Å². The fourth-order valence-electron chi connectivity index (χ4n) is 0.859. The van der Waals surface area contributed by atoms with Gasteiger partial charge in [-0.2, -0.15) is 5.26 Å². The van der Waals surface area contributed by atoms with Crippen LogP contribution in [0.1, 0.15) is 37.6 Å². The monoisotopic (exact) mass is 161 g/mol. The van der Waals surface area contributed by atoms with Gasteiger partial charge < -0.3 is 0 Å². The molecule has 0 aliphatic carbocycles. The van der Waals surface area contributed by atoms with E-state index in [1.807, 2.05) is 6.07 Å². The number of nitriles is 1.